The van der Waals surface area contributed by atoms with Crippen molar-refractivity contribution >= 4 is 26.0 Å². The number of halogens is 2. The van der Waals surface area contributed by atoms with Crippen molar-refractivity contribution in [2.75, 3.05) is 11.9 Å². The number of sulfonamides is 1. The summed E-state index contributed by atoms with van der Waals surface area (Å²) in [5, 5.41) is 0.514. The van der Waals surface area contributed by atoms with E-state index in [0.29, 0.717) is 10.9 Å². The molecule has 0 aromatic heterocycles. The van der Waals surface area contributed by atoms with Gasteiger partial charge in [-0.05, 0) is 24.6 Å². The molecular formula is C9H11BrFNO2S. The van der Waals surface area contributed by atoms with Gasteiger partial charge >= 0.3 is 0 Å². The molecule has 84 valence electrons. The van der Waals surface area contributed by atoms with Gasteiger partial charge in [-0.1, -0.05) is 22.0 Å². The second-order valence-corrected chi connectivity index (χ2v) is 5.52. The summed E-state index contributed by atoms with van der Waals surface area (Å²) in [6.07, 6.45) is 0. The highest BCUT2D eigenvalue weighted by Gasteiger charge is 2.16. The van der Waals surface area contributed by atoms with E-state index in [9.17, 15) is 12.8 Å². The van der Waals surface area contributed by atoms with Gasteiger partial charge in [0.25, 0.3) is 0 Å². The summed E-state index contributed by atoms with van der Waals surface area (Å²) in [4.78, 5) is -0.0107. The number of hydrogen-bond donors (Lipinski definition) is 1. The summed E-state index contributed by atoms with van der Waals surface area (Å²) in [6, 6.07) is 3.70. The van der Waals surface area contributed by atoms with Crippen LogP contribution in [0.5, 0.6) is 0 Å². The van der Waals surface area contributed by atoms with Crippen LogP contribution < -0.4 is 4.72 Å². The summed E-state index contributed by atoms with van der Waals surface area (Å²) >= 11 is 3.11. The van der Waals surface area contributed by atoms with Gasteiger partial charge < -0.3 is 0 Å². The van der Waals surface area contributed by atoms with Crippen LogP contribution >= 0.6 is 15.9 Å². The molecule has 1 N–H and O–H groups in total. The third-order valence-corrected chi connectivity index (χ3v) is 3.83. The molecule has 0 fully saturated rings. The molecule has 6 heteroatoms. The molecule has 1 rings (SSSR count). The molecule has 0 amide bonds. The molecule has 0 heterocycles. The van der Waals surface area contributed by atoms with Gasteiger partial charge in [0.15, 0.2) is 0 Å². The van der Waals surface area contributed by atoms with Gasteiger partial charge in [0.2, 0.25) is 10.0 Å². The molecule has 0 atom stereocenters. The molecule has 3 nitrogen and oxygen atoms in total. The molecule has 0 unspecified atom stereocenters. The van der Waals surface area contributed by atoms with Crippen LogP contribution in [0.2, 0.25) is 0 Å². The first kappa shape index (κ1) is 12.6. The van der Waals surface area contributed by atoms with E-state index in [4.69, 9.17) is 0 Å². The van der Waals surface area contributed by atoms with Crippen LogP contribution in [0.3, 0.4) is 0 Å². The van der Waals surface area contributed by atoms with Gasteiger partial charge in [0.1, 0.15) is 5.82 Å². The first-order valence-corrected chi connectivity index (χ1v) is 6.89. The summed E-state index contributed by atoms with van der Waals surface area (Å²) < 4.78 is 38.6. The Hall–Kier alpha value is -0.460. The van der Waals surface area contributed by atoms with Crippen molar-refractivity contribution in [3.63, 3.8) is 0 Å². The van der Waals surface area contributed by atoms with Gasteiger partial charge in [-0.15, -0.1) is 0 Å². The lowest BCUT2D eigenvalue weighted by Gasteiger charge is -2.07. The number of alkyl halides is 1. The lowest BCUT2D eigenvalue weighted by Crippen LogP contribution is -2.26. The number of nitrogens with one attached hydrogen (secondary N) is 1. The Morgan fingerprint density at radius 1 is 1.47 bits per heavy atom. The molecule has 0 aliphatic carbocycles. The van der Waals surface area contributed by atoms with Crippen LogP contribution in [-0.2, 0) is 10.0 Å². The monoisotopic (exact) mass is 295 g/mol. The highest BCUT2D eigenvalue weighted by molar-refractivity contribution is 9.09. The van der Waals surface area contributed by atoms with Gasteiger partial charge in [-0.25, -0.2) is 17.5 Å². The normalized spacial score (nSPS) is 11.7. The molecule has 1 aromatic carbocycles. The minimum Gasteiger partial charge on any atom is -0.210 e. The minimum absolute atomic E-state index is 0.0107. The summed E-state index contributed by atoms with van der Waals surface area (Å²) in [6.45, 7) is 1.90. The van der Waals surface area contributed by atoms with Crippen LogP contribution in [-0.4, -0.2) is 20.3 Å². The highest BCUT2D eigenvalue weighted by atomic mass is 79.9. The third-order valence-electron chi connectivity index (χ3n) is 1.83. The van der Waals surface area contributed by atoms with Crippen molar-refractivity contribution in [1.82, 2.24) is 4.72 Å². The predicted molar refractivity (Wildman–Crippen MR) is 60.1 cm³/mol. The maximum absolute atomic E-state index is 12.9. The molecule has 0 aliphatic heterocycles. The predicted octanol–water partition coefficient (Wildman–Crippen LogP) is 1.81. The smallest absolute Gasteiger partial charge is 0.210 e. The number of hydrogen-bond acceptors (Lipinski definition) is 2. The zero-order chi connectivity index (χ0) is 11.5. The van der Waals surface area contributed by atoms with Gasteiger partial charge in [0.05, 0.1) is 4.90 Å². The molecule has 0 bridgehead atoms. The molecule has 0 radical (unpaired) electrons. The van der Waals surface area contributed by atoms with E-state index in [-0.39, 0.29) is 11.4 Å². The fourth-order valence-corrected chi connectivity index (χ4v) is 2.86. The van der Waals surface area contributed by atoms with Crippen molar-refractivity contribution in [2.45, 2.75) is 11.8 Å². The zero-order valence-corrected chi connectivity index (χ0v) is 10.5. The molecule has 0 spiro atoms. The summed E-state index contributed by atoms with van der Waals surface area (Å²) in [5.41, 5.74) is 0.526. The average molecular weight is 296 g/mol. The van der Waals surface area contributed by atoms with Gasteiger partial charge in [-0.2, -0.15) is 0 Å². The lowest BCUT2D eigenvalue weighted by molar-refractivity contribution is 0.579. The number of aryl methyl sites for hydroxylation is 1. The van der Waals surface area contributed by atoms with Gasteiger partial charge in [0, 0.05) is 11.9 Å². The Kier molecular flexibility index (Phi) is 4.24. The Labute approximate surface area is 96.9 Å². The van der Waals surface area contributed by atoms with E-state index in [0.717, 1.165) is 6.07 Å². The summed E-state index contributed by atoms with van der Waals surface area (Å²) in [7, 11) is -3.60. The maximum Gasteiger partial charge on any atom is 0.240 e. The van der Waals surface area contributed by atoms with Crippen LogP contribution in [0.4, 0.5) is 4.39 Å². The van der Waals surface area contributed by atoms with E-state index in [1.807, 2.05) is 0 Å². The molecule has 0 aliphatic rings. The highest BCUT2D eigenvalue weighted by Crippen LogP contribution is 2.15. The van der Waals surface area contributed by atoms with Crippen LogP contribution in [0.15, 0.2) is 23.1 Å². The first-order chi connectivity index (χ1) is 6.97. The lowest BCUT2D eigenvalue weighted by atomic mass is 10.2. The van der Waals surface area contributed by atoms with Gasteiger partial charge in [-0.3, -0.25) is 0 Å². The van der Waals surface area contributed by atoms with Crippen molar-refractivity contribution in [1.29, 1.82) is 0 Å². The first-order valence-electron chi connectivity index (χ1n) is 4.29. The van der Waals surface area contributed by atoms with Crippen molar-refractivity contribution in [3.05, 3.63) is 29.6 Å². The van der Waals surface area contributed by atoms with Crippen LogP contribution in [0, 0.1) is 12.7 Å². The second kappa shape index (κ2) is 5.05. The molecule has 0 saturated heterocycles. The SMILES string of the molecule is Cc1ccc(F)cc1S(=O)(=O)NCCBr. The third kappa shape index (κ3) is 3.25. The maximum atomic E-state index is 12.9. The van der Waals surface area contributed by atoms with Crippen molar-refractivity contribution < 1.29 is 12.8 Å². The largest absolute Gasteiger partial charge is 0.240 e. The standard InChI is InChI=1S/C9H11BrFNO2S/c1-7-2-3-8(11)6-9(7)15(13,14)12-5-4-10/h2-3,6,12H,4-5H2,1H3. The topological polar surface area (TPSA) is 46.2 Å². The van der Waals surface area contributed by atoms with E-state index in [1.54, 1.807) is 6.92 Å². The zero-order valence-electron chi connectivity index (χ0n) is 8.13. The average Bonchev–Trinajstić information content (AvgIpc) is 2.18. The quantitative estimate of drug-likeness (QED) is 0.861. The van der Waals surface area contributed by atoms with Crippen molar-refractivity contribution in [2.24, 2.45) is 0 Å². The molecular weight excluding hydrogens is 285 g/mol. The van der Waals surface area contributed by atoms with Crippen LogP contribution in [0.25, 0.3) is 0 Å². The number of rotatable bonds is 4. The minimum atomic E-state index is -3.60. The Balaban J connectivity index is 3.09. The van der Waals surface area contributed by atoms with E-state index < -0.39 is 15.8 Å². The Bertz CT molecular complexity index is 447. The Morgan fingerprint density at radius 2 is 2.13 bits per heavy atom. The van der Waals surface area contributed by atoms with E-state index >= 15 is 0 Å². The van der Waals surface area contributed by atoms with E-state index in [2.05, 4.69) is 20.7 Å². The molecule has 1 aromatic rings. The van der Waals surface area contributed by atoms with E-state index in [1.165, 1.54) is 12.1 Å². The fraction of sp³-hybridized carbons (Fsp3) is 0.333. The molecule has 0 saturated carbocycles. The fourth-order valence-electron chi connectivity index (χ4n) is 1.11. The van der Waals surface area contributed by atoms with Crippen LogP contribution in [0.1, 0.15) is 5.56 Å². The van der Waals surface area contributed by atoms with Crippen molar-refractivity contribution in [3.8, 4) is 0 Å². The Morgan fingerprint density at radius 3 is 2.73 bits per heavy atom. The second-order valence-electron chi connectivity index (χ2n) is 3.00. The number of benzene rings is 1. The summed E-state index contributed by atoms with van der Waals surface area (Å²) in [5.74, 6) is -0.556. The molecule has 15 heavy (non-hydrogen) atoms.